The minimum absolute atomic E-state index is 0.169. The fourth-order valence-electron chi connectivity index (χ4n) is 3.27. The first-order chi connectivity index (χ1) is 11.3. The molecule has 1 aliphatic carbocycles. The van der Waals surface area contributed by atoms with E-state index >= 15 is 0 Å². The molecule has 2 amide bonds. The average Bonchev–Trinajstić information content (AvgIpc) is 2.79. The van der Waals surface area contributed by atoms with E-state index in [1.807, 2.05) is 30.3 Å². The number of fused-ring (bicyclic) bond motifs is 1. The number of nitrogens with two attached hydrogens (primary N) is 1. The van der Waals surface area contributed by atoms with Crippen molar-refractivity contribution in [3.8, 4) is 0 Å². The van der Waals surface area contributed by atoms with Crippen LogP contribution in [0.3, 0.4) is 0 Å². The summed E-state index contributed by atoms with van der Waals surface area (Å²) in [4.78, 5) is 11.1. The summed E-state index contributed by atoms with van der Waals surface area (Å²) in [5.74, 6) is 0.169. The lowest BCUT2D eigenvalue weighted by Crippen LogP contribution is -2.27. The SMILES string of the molecule is NC(=O)N/N=C(/c1ccccc1)[C@@H]1CCCCc2ccccc21. The van der Waals surface area contributed by atoms with Gasteiger partial charge < -0.3 is 5.73 Å². The molecule has 0 unspecified atom stereocenters. The highest BCUT2D eigenvalue weighted by molar-refractivity contribution is 6.05. The van der Waals surface area contributed by atoms with E-state index < -0.39 is 6.03 Å². The van der Waals surface area contributed by atoms with E-state index in [4.69, 9.17) is 5.73 Å². The molecule has 0 aromatic heterocycles. The third-order valence-electron chi connectivity index (χ3n) is 4.31. The summed E-state index contributed by atoms with van der Waals surface area (Å²) in [6, 6.07) is 17.9. The van der Waals surface area contributed by atoms with E-state index in [9.17, 15) is 4.79 Å². The highest BCUT2D eigenvalue weighted by atomic mass is 16.2. The molecular weight excluding hydrogens is 286 g/mol. The molecule has 118 valence electrons. The molecular formula is C19H21N3O. The number of aryl methyl sites for hydroxylation is 1. The molecule has 3 rings (SSSR count). The zero-order valence-corrected chi connectivity index (χ0v) is 13.0. The fraction of sp³-hybridized carbons (Fsp3) is 0.263. The van der Waals surface area contributed by atoms with E-state index in [0.717, 1.165) is 30.5 Å². The Bertz CT molecular complexity index is 710. The molecule has 0 saturated heterocycles. The van der Waals surface area contributed by atoms with E-state index in [0.29, 0.717) is 0 Å². The number of carbonyl (C=O) groups is 1. The zero-order chi connectivity index (χ0) is 16.1. The van der Waals surface area contributed by atoms with Gasteiger partial charge in [0.25, 0.3) is 0 Å². The first kappa shape index (κ1) is 15.3. The summed E-state index contributed by atoms with van der Waals surface area (Å²) in [6.45, 7) is 0. The van der Waals surface area contributed by atoms with Crippen molar-refractivity contribution in [3.05, 3.63) is 71.3 Å². The third kappa shape index (κ3) is 3.59. The maximum atomic E-state index is 11.1. The van der Waals surface area contributed by atoms with Crippen molar-refractivity contribution in [2.45, 2.75) is 31.6 Å². The Kier molecular flexibility index (Phi) is 4.71. The van der Waals surface area contributed by atoms with Crippen LogP contribution in [-0.4, -0.2) is 11.7 Å². The van der Waals surface area contributed by atoms with Crippen molar-refractivity contribution in [3.63, 3.8) is 0 Å². The predicted molar refractivity (Wildman–Crippen MR) is 92.4 cm³/mol. The van der Waals surface area contributed by atoms with Gasteiger partial charge in [-0.2, -0.15) is 5.10 Å². The molecule has 0 saturated carbocycles. The Morgan fingerprint density at radius 1 is 1.04 bits per heavy atom. The van der Waals surface area contributed by atoms with Gasteiger partial charge >= 0.3 is 6.03 Å². The molecule has 0 spiro atoms. The van der Waals surface area contributed by atoms with Gasteiger partial charge in [-0.3, -0.25) is 0 Å². The molecule has 1 aliphatic rings. The third-order valence-corrected chi connectivity index (χ3v) is 4.31. The number of amides is 2. The second-order valence-corrected chi connectivity index (χ2v) is 5.84. The summed E-state index contributed by atoms with van der Waals surface area (Å²) in [7, 11) is 0. The number of primary amides is 1. The summed E-state index contributed by atoms with van der Waals surface area (Å²) in [5, 5.41) is 4.35. The lowest BCUT2D eigenvalue weighted by molar-refractivity contribution is 0.249. The van der Waals surface area contributed by atoms with Gasteiger partial charge in [-0.05, 0) is 36.0 Å². The van der Waals surface area contributed by atoms with Gasteiger partial charge in [0, 0.05) is 5.92 Å². The van der Waals surface area contributed by atoms with Crippen LogP contribution in [0.25, 0.3) is 0 Å². The first-order valence-electron chi connectivity index (χ1n) is 8.02. The molecule has 0 bridgehead atoms. The van der Waals surface area contributed by atoms with E-state index in [1.54, 1.807) is 0 Å². The first-order valence-corrected chi connectivity index (χ1v) is 8.02. The van der Waals surface area contributed by atoms with Crippen LogP contribution in [0.5, 0.6) is 0 Å². The van der Waals surface area contributed by atoms with Crippen LogP contribution in [0.15, 0.2) is 59.7 Å². The van der Waals surface area contributed by atoms with Crippen LogP contribution in [-0.2, 0) is 6.42 Å². The Balaban J connectivity index is 2.06. The highest BCUT2D eigenvalue weighted by Gasteiger charge is 2.24. The summed E-state index contributed by atoms with van der Waals surface area (Å²) in [6.07, 6.45) is 4.43. The van der Waals surface area contributed by atoms with Crippen LogP contribution in [0.4, 0.5) is 4.79 Å². The molecule has 2 aromatic rings. The molecule has 4 heteroatoms. The standard InChI is InChI=1S/C19H21N3O/c20-19(23)22-21-18(15-10-2-1-3-11-15)17-13-7-5-9-14-8-4-6-12-16(14)17/h1-4,6,8,10-12,17H,5,7,9,13H2,(H3,20,22,23)/b21-18-/t17-/m1/s1. The lowest BCUT2D eigenvalue weighted by Gasteiger charge is -2.20. The normalized spacial score (nSPS) is 17.9. The van der Waals surface area contributed by atoms with E-state index in [1.165, 1.54) is 17.5 Å². The molecule has 4 nitrogen and oxygen atoms in total. The summed E-state index contributed by atoms with van der Waals surface area (Å²) < 4.78 is 0. The van der Waals surface area contributed by atoms with Crippen LogP contribution in [0.1, 0.15) is 41.9 Å². The number of hydrazone groups is 1. The minimum atomic E-state index is -0.639. The quantitative estimate of drug-likeness (QED) is 0.508. The molecule has 0 fully saturated rings. The van der Waals surface area contributed by atoms with Gasteiger partial charge in [-0.15, -0.1) is 0 Å². The fourth-order valence-corrected chi connectivity index (χ4v) is 3.27. The highest BCUT2D eigenvalue weighted by Crippen LogP contribution is 2.33. The van der Waals surface area contributed by atoms with Gasteiger partial charge in [-0.1, -0.05) is 61.0 Å². The Labute approximate surface area is 136 Å². The van der Waals surface area contributed by atoms with Crippen molar-refractivity contribution < 1.29 is 4.79 Å². The zero-order valence-electron chi connectivity index (χ0n) is 13.0. The number of nitrogens with one attached hydrogen (secondary N) is 1. The summed E-state index contributed by atoms with van der Waals surface area (Å²) >= 11 is 0. The lowest BCUT2D eigenvalue weighted by atomic mass is 9.85. The minimum Gasteiger partial charge on any atom is -0.350 e. The molecule has 1 atom stereocenters. The molecule has 0 aliphatic heterocycles. The van der Waals surface area contributed by atoms with Crippen LogP contribution in [0, 0.1) is 0 Å². The molecule has 3 N–H and O–H groups in total. The van der Waals surface area contributed by atoms with Crippen molar-refractivity contribution in [2.24, 2.45) is 10.8 Å². The van der Waals surface area contributed by atoms with Gasteiger partial charge in [-0.25, -0.2) is 10.2 Å². The maximum absolute atomic E-state index is 11.1. The number of carbonyl (C=O) groups excluding carboxylic acids is 1. The Morgan fingerprint density at radius 3 is 2.57 bits per heavy atom. The smallest absolute Gasteiger partial charge is 0.332 e. The van der Waals surface area contributed by atoms with Crippen molar-refractivity contribution in [2.75, 3.05) is 0 Å². The van der Waals surface area contributed by atoms with Gasteiger partial charge in [0.1, 0.15) is 0 Å². The number of urea groups is 1. The number of hydrogen-bond acceptors (Lipinski definition) is 2. The summed E-state index contributed by atoms with van der Waals surface area (Å²) in [5.41, 5.74) is 12.2. The van der Waals surface area contributed by atoms with Gasteiger partial charge in [0.05, 0.1) is 5.71 Å². The van der Waals surface area contributed by atoms with Crippen LogP contribution >= 0.6 is 0 Å². The molecule has 0 heterocycles. The Hall–Kier alpha value is -2.62. The van der Waals surface area contributed by atoms with Gasteiger partial charge in [0.15, 0.2) is 0 Å². The maximum Gasteiger partial charge on any atom is 0.332 e. The molecule has 0 radical (unpaired) electrons. The monoisotopic (exact) mass is 307 g/mol. The molecule has 2 aromatic carbocycles. The largest absolute Gasteiger partial charge is 0.350 e. The number of benzene rings is 2. The van der Waals surface area contributed by atoms with Crippen molar-refractivity contribution in [1.29, 1.82) is 0 Å². The van der Waals surface area contributed by atoms with Crippen molar-refractivity contribution >= 4 is 11.7 Å². The second-order valence-electron chi connectivity index (χ2n) is 5.84. The molecule has 23 heavy (non-hydrogen) atoms. The van der Waals surface area contributed by atoms with Crippen LogP contribution in [0.2, 0.25) is 0 Å². The van der Waals surface area contributed by atoms with E-state index in [2.05, 4.69) is 34.8 Å². The number of nitrogens with zero attached hydrogens (tertiary/aromatic N) is 1. The van der Waals surface area contributed by atoms with E-state index in [-0.39, 0.29) is 5.92 Å². The number of hydrogen-bond donors (Lipinski definition) is 2. The predicted octanol–water partition coefficient (Wildman–Crippen LogP) is 3.57. The van der Waals surface area contributed by atoms with Crippen molar-refractivity contribution in [1.82, 2.24) is 5.43 Å². The van der Waals surface area contributed by atoms with Crippen LogP contribution < -0.4 is 11.2 Å². The second kappa shape index (κ2) is 7.09. The average molecular weight is 307 g/mol. The number of rotatable bonds is 3. The Morgan fingerprint density at radius 2 is 1.78 bits per heavy atom. The van der Waals surface area contributed by atoms with Gasteiger partial charge in [0.2, 0.25) is 0 Å². The topological polar surface area (TPSA) is 67.5 Å².